The van der Waals surface area contributed by atoms with Gasteiger partial charge in [-0.25, -0.2) is 0 Å². The van der Waals surface area contributed by atoms with Crippen LogP contribution in [-0.4, -0.2) is 37.7 Å². The largest absolute Gasteiger partial charge is 0.493 e. The molecule has 1 aromatic heterocycles. The van der Waals surface area contributed by atoms with Crippen molar-refractivity contribution in [2.45, 2.75) is 19.4 Å². The van der Waals surface area contributed by atoms with Crippen molar-refractivity contribution in [2.24, 2.45) is 0 Å². The minimum Gasteiger partial charge on any atom is -0.493 e. The van der Waals surface area contributed by atoms with Gasteiger partial charge in [-0.1, -0.05) is 0 Å². The molecule has 136 valence electrons. The third kappa shape index (κ3) is 3.05. The summed E-state index contributed by atoms with van der Waals surface area (Å²) in [4.78, 5) is 16.0. The zero-order valence-corrected chi connectivity index (χ0v) is 15.7. The topological polar surface area (TPSA) is 48.0 Å². The van der Waals surface area contributed by atoms with Gasteiger partial charge in [0.05, 0.1) is 13.2 Å². The van der Waals surface area contributed by atoms with Crippen LogP contribution < -0.4 is 14.2 Å². The van der Waals surface area contributed by atoms with E-state index in [2.05, 4.69) is 18.4 Å². The maximum Gasteiger partial charge on any atom is 0.247 e. The number of carbonyl (C=O) groups is 1. The molecule has 0 aliphatic carbocycles. The number of thiophene rings is 1. The molecule has 2 aromatic rings. The molecule has 0 fully saturated rings. The minimum atomic E-state index is 0.0169. The van der Waals surface area contributed by atoms with Crippen LogP contribution in [0.2, 0.25) is 0 Å². The van der Waals surface area contributed by atoms with Crippen molar-refractivity contribution in [3.63, 3.8) is 0 Å². The Hall–Kier alpha value is -2.47. The Morgan fingerprint density at radius 2 is 2.19 bits per heavy atom. The van der Waals surface area contributed by atoms with Gasteiger partial charge in [0.25, 0.3) is 0 Å². The summed E-state index contributed by atoms with van der Waals surface area (Å²) in [6.07, 6.45) is 4.35. The maximum atomic E-state index is 12.7. The number of ether oxygens (including phenoxy) is 3. The van der Waals surface area contributed by atoms with Gasteiger partial charge in [0.15, 0.2) is 11.5 Å². The number of benzene rings is 1. The number of hydrogen-bond acceptors (Lipinski definition) is 5. The molecule has 5 nitrogen and oxygen atoms in total. The van der Waals surface area contributed by atoms with Crippen molar-refractivity contribution >= 4 is 23.3 Å². The van der Waals surface area contributed by atoms with E-state index in [1.807, 2.05) is 17.0 Å². The van der Waals surface area contributed by atoms with Crippen LogP contribution in [0, 0.1) is 0 Å². The van der Waals surface area contributed by atoms with E-state index in [1.54, 1.807) is 30.6 Å². The SMILES string of the molecule is COc1cc(/C=C/C(=O)N2CCc3sccc3[C@H]2C)cc2c1OCCO2. The summed E-state index contributed by atoms with van der Waals surface area (Å²) >= 11 is 1.77. The Bertz CT molecular complexity index is 840. The van der Waals surface area contributed by atoms with Crippen LogP contribution in [0.4, 0.5) is 0 Å². The van der Waals surface area contributed by atoms with E-state index in [1.165, 1.54) is 10.4 Å². The summed E-state index contributed by atoms with van der Waals surface area (Å²) < 4.78 is 16.6. The van der Waals surface area contributed by atoms with Gasteiger partial charge in [-0.3, -0.25) is 4.79 Å². The van der Waals surface area contributed by atoms with Gasteiger partial charge in [0.1, 0.15) is 13.2 Å². The highest BCUT2D eigenvalue weighted by molar-refractivity contribution is 7.10. The number of carbonyl (C=O) groups excluding carboxylic acids is 1. The number of rotatable bonds is 3. The van der Waals surface area contributed by atoms with Gasteiger partial charge in [0, 0.05) is 17.5 Å². The summed E-state index contributed by atoms with van der Waals surface area (Å²) in [5.41, 5.74) is 2.12. The minimum absolute atomic E-state index is 0.0169. The monoisotopic (exact) mass is 371 g/mol. The van der Waals surface area contributed by atoms with E-state index in [4.69, 9.17) is 14.2 Å². The predicted octanol–water partition coefficient (Wildman–Crippen LogP) is 3.69. The molecule has 1 atom stereocenters. The second-order valence-electron chi connectivity index (χ2n) is 6.34. The van der Waals surface area contributed by atoms with Gasteiger partial charge in [-0.05, 0) is 54.1 Å². The van der Waals surface area contributed by atoms with Crippen LogP contribution in [-0.2, 0) is 11.2 Å². The quantitative estimate of drug-likeness (QED) is 0.772. The van der Waals surface area contributed by atoms with Crippen molar-refractivity contribution in [2.75, 3.05) is 26.9 Å². The predicted molar refractivity (Wildman–Crippen MR) is 101 cm³/mol. The lowest BCUT2D eigenvalue weighted by Gasteiger charge is -2.32. The molecule has 0 saturated heterocycles. The fraction of sp³-hybridized carbons (Fsp3) is 0.350. The highest BCUT2D eigenvalue weighted by Gasteiger charge is 2.27. The standard InChI is InChI=1S/C20H21NO4S/c1-13-15-6-10-26-18(15)5-7-21(13)19(22)4-3-14-11-16(23-2)20-17(12-14)24-8-9-25-20/h3-4,6,10-13H,5,7-9H2,1-2H3/b4-3+/t13-/m1/s1. The molecule has 0 unspecified atom stereocenters. The molecule has 2 aliphatic rings. The van der Waals surface area contributed by atoms with Crippen LogP contribution in [0.5, 0.6) is 17.2 Å². The molecule has 6 heteroatoms. The highest BCUT2D eigenvalue weighted by atomic mass is 32.1. The van der Waals surface area contributed by atoms with Gasteiger partial charge in [-0.2, -0.15) is 0 Å². The van der Waals surface area contributed by atoms with Crippen molar-refractivity contribution in [3.05, 3.63) is 45.7 Å². The van der Waals surface area contributed by atoms with Crippen LogP contribution in [0.1, 0.15) is 29.0 Å². The van der Waals surface area contributed by atoms with Gasteiger partial charge < -0.3 is 19.1 Å². The number of methoxy groups -OCH3 is 1. The Kier molecular flexibility index (Phi) is 4.59. The van der Waals surface area contributed by atoms with E-state index >= 15 is 0 Å². The van der Waals surface area contributed by atoms with E-state index in [0.717, 1.165) is 18.5 Å². The average Bonchev–Trinajstić information content (AvgIpc) is 3.15. The summed E-state index contributed by atoms with van der Waals surface area (Å²) in [5, 5.41) is 2.10. The van der Waals surface area contributed by atoms with Gasteiger partial charge in [0.2, 0.25) is 11.7 Å². The lowest BCUT2D eigenvalue weighted by molar-refractivity contribution is -0.128. The number of fused-ring (bicyclic) bond motifs is 2. The van der Waals surface area contributed by atoms with Gasteiger partial charge >= 0.3 is 0 Å². The van der Waals surface area contributed by atoms with Crippen LogP contribution in [0.15, 0.2) is 29.7 Å². The fourth-order valence-corrected chi connectivity index (χ4v) is 4.43. The third-order valence-electron chi connectivity index (χ3n) is 4.83. The first-order chi connectivity index (χ1) is 12.7. The molecule has 0 bridgehead atoms. The molecule has 3 heterocycles. The molecule has 2 aliphatic heterocycles. The molecule has 0 saturated carbocycles. The molecule has 0 spiro atoms. The Labute approximate surface area is 156 Å². The second kappa shape index (κ2) is 7.03. The zero-order chi connectivity index (χ0) is 18.1. The molecule has 26 heavy (non-hydrogen) atoms. The lowest BCUT2D eigenvalue weighted by atomic mass is 10.0. The first-order valence-corrected chi connectivity index (χ1v) is 9.58. The molecular formula is C20H21NO4S. The summed E-state index contributed by atoms with van der Waals surface area (Å²) in [5.74, 6) is 1.90. The first kappa shape index (κ1) is 17.0. The number of nitrogens with zero attached hydrogens (tertiary/aromatic N) is 1. The maximum absolute atomic E-state index is 12.7. The Morgan fingerprint density at radius 1 is 1.35 bits per heavy atom. The van der Waals surface area contributed by atoms with Crippen LogP contribution in [0.25, 0.3) is 6.08 Å². The summed E-state index contributed by atoms with van der Waals surface area (Å²) in [6, 6.07) is 5.96. The van der Waals surface area contributed by atoms with Crippen LogP contribution >= 0.6 is 11.3 Å². The van der Waals surface area contributed by atoms with E-state index in [0.29, 0.717) is 30.5 Å². The molecular weight excluding hydrogens is 350 g/mol. The van der Waals surface area contributed by atoms with Crippen molar-refractivity contribution in [3.8, 4) is 17.2 Å². The Morgan fingerprint density at radius 3 is 3.04 bits per heavy atom. The number of hydrogen-bond donors (Lipinski definition) is 0. The fourth-order valence-electron chi connectivity index (χ4n) is 3.46. The molecule has 0 radical (unpaired) electrons. The van der Waals surface area contributed by atoms with E-state index < -0.39 is 0 Å². The smallest absolute Gasteiger partial charge is 0.247 e. The van der Waals surface area contributed by atoms with Crippen molar-refractivity contribution < 1.29 is 19.0 Å². The third-order valence-corrected chi connectivity index (χ3v) is 5.83. The molecule has 1 amide bonds. The molecule has 4 rings (SSSR count). The highest BCUT2D eigenvalue weighted by Crippen LogP contribution is 2.40. The second-order valence-corrected chi connectivity index (χ2v) is 7.34. The first-order valence-electron chi connectivity index (χ1n) is 8.70. The normalized spacial score (nSPS) is 18.7. The van der Waals surface area contributed by atoms with E-state index in [-0.39, 0.29) is 11.9 Å². The lowest BCUT2D eigenvalue weighted by Crippen LogP contribution is -2.37. The zero-order valence-electron chi connectivity index (χ0n) is 14.9. The number of amides is 1. The van der Waals surface area contributed by atoms with Crippen molar-refractivity contribution in [1.29, 1.82) is 0 Å². The molecule has 0 N–H and O–H groups in total. The van der Waals surface area contributed by atoms with E-state index in [9.17, 15) is 4.79 Å². The summed E-state index contributed by atoms with van der Waals surface area (Å²) in [6.45, 7) is 3.86. The average molecular weight is 371 g/mol. The van der Waals surface area contributed by atoms with Gasteiger partial charge in [-0.15, -0.1) is 11.3 Å². The Balaban J connectivity index is 1.54. The molecule has 1 aromatic carbocycles. The van der Waals surface area contributed by atoms with Crippen LogP contribution in [0.3, 0.4) is 0 Å². The van der Waals surface area contributed by atoms with Crippen molar-refractivity contribution in [1.82, 2.24) is 4.90 Å². The summed E-state index contributed by atoms with van der Waals surface area (Å²) in [7, 11) is 1.60.